The van der Waals surface area contributed by atoms with E-state index < -0.39 is 6.10 Å². The van der Waals surface area contributed by atoms with Crippen molar-refractivity contribution in [2.75, 3.05) is 13.2 Å². The number of aryl methyl sites for hydroxylation is 1. The Morgan fingerprint density at radius 3 is 2.85 bits per heavy atom. The van der Waals surface area contributed by atoms with Crippen LogP contribution in [0.5, 0.6) is 0 Å². The molecule has 0 bridgehead atoms. The topological polar surface area (TPSA) is 60.2 Å². The third-order valence-corrected chi connectivity index (χ3v) is 6.56. The van der Waals surface area contributed by atoms with Gasteiger partial charge >= 0.3 is 0 Å². The number of hydrogen-bond donors (Lipinski definition) is 1. The van der Waals surface area contributed by atoms with Crippen molar-refractivity contribution in [1.82, 2.24) is 14.8 Å². The number of pyridine rings is 1. The van der Waals surface area contributed by atoms with E-state index in [2.05, 4.69) is 41.5 Å². The van der Waals surface area contributed by atoms with Gasteiger partial charge in [0.25, 0.3) is 0 Å². The van der Waals surface area contributed by atoms with E-state index in [9.17, 15) is 5.11 Å². The smallest absolute Gasteiger partial charge is 0.124 e. The lowest BCUT2D eigenvalue weighted by Crippen LogP contribution is -2.21. The number of nitrogens with zero attached hydrogens (tertiary/aromatic N) is 3. The molecule has 6 heteroatoms. The van der Waals surface area contributed by atoms with Crippen LogP contribution in [0.15, 0.2) is 42.6 Å². The highest BCUT2D eigenvalue weighted by Crippen LogP contribution is 2.37. The maximum atomic E-state index is 10.8. The molecule has 3 aromatic heterocycles. The molecule has 138 valence electrons. The van der Waals surface area contributed by atoms with Gasteiger partial charge in [-0.2, -0.15) is 5.10 Å². The average Bonchev–Trinajstić information content (AvgIpc) is 3.31. The zero-order chi connectivity index (χ0) is 18.4. The van der Waals surface area contributed by atoms with Crippen LogP contribution in [0.2, 0.25) is 0 Å². The number of aliphatic hydroxyl groups is 1. The molecule has 1 saturated heterocycles. The van der Waals surface area contributed by atoms with Gasteiger partial charge in [0, 0.05) is 41.5 Å². The minimum Gasteiger partial charge on any atom is -0.387 e. The predicted octanol–water partition coefficient (Wildman–Crippen LogP) is 4.31. The Balaban J connectivity index is 1.49. The second-order valence-electron chi connectivity index (χ2n) is 7.18. The lowest BCUT2D eigenvalue weighted by Gasteiger charge is -2.25. The molecule has 4 aromatic rings. The number of aromatic nitrogens is 3. The summed E-state index contributed by atoms with van der Waals surface area (Å²) in [6, 6.07) is 12.5. The molecule has 4 heterocycles. The second-order valence-corrected chi connectivity index (χ2v) is 8.24. The van der Waals surface area contributed by atoms with Crippen molar-refractivity contribution in [2.45, 2.75) is 18.9 Å². The molecule has 0 unspecified atom stereocenters. The number of aliphatic hydroxyl groups excluding tert-OH is 1. The molecule has 1 aliphatic rings. The van der Waals surface area contributed by atoms with Gasteiger partial charge in [0.15, 0.2) is 0 Å². The van der Waals surface area contributed by atoms with Crippen LogP contribution in [0.3, 0.4) is 0 Å². The molecular formula is C21H21N3O2S. The fourth-order valence-electron chi connectivity index (χ4n) is 3.83. The Hall–Kier alpha value is -2.28. The third kappa shape index (κ3) is 3.04. The number of ether oxygens (including phenoxy) is 1. The first-order valence-electron chi connectivity index (χ1n) is 9.27. The Morgan fingerprint density at radius 1 is 1.15 bits per heavy atom. The highest BCUT2D eigenvalue weighted by molar-refractivity contribution is 7.18. The van der Waals surface area contributed by atoms with Crippen LogP contribution in [0, 0.1) is 5.92 Å². The molecule has 1 N–H and O–H groups in total. The number of thiophene rings is 1. The number of fused-ring (bicyclic) bond motifs is 2. The van der Waals surface area contributed by atoms with Gasteiger partial charge in [-0.1, -0.05) is 6.07 Å². The minimum atomic E-state index is -0.428. The van der Waals surface area contributed by atoms with Gasteiger partial charge in [0.05, 0.1) is 23.5 Å². The summed E-state index contributed by atoms with van der Waals surface area (Å²) in [5.74, 6) is 0.277. The number of benzene rings is 1. The zero-order valence-electron chi connectivity index (χ0n) is 15.1. The molecule has 0 aliphatic carbocycles. The second kappa shape index (κ2) is 6.71. The van der Waals surface area contributed by atoms with Gasteiger partial charge in [-0.3, -0.25) is 4.68 Å². The molecule has 5 nitrogen and oxygen atoms in total. The van der Waals surface area contributed by atoms with Gasteiger partial charge in [-0.25, -0.2) is 4.98 Å². The predicted molar refractivity (Wildman–Crippen MR) is 108 cm³/mol. The zero-order valence-corrected chi connectivity index (χ0v) is 15.9. The molecule has 1 aliphatic heterocycles. The summed E-state index contributed by atoms with van der Waals surface area (Å²) in [7, 11) is 1.95. The highest BCUT2D eigenvalue weighted by atomic mass is 32.1. The summed E-state index contributed by atoms with van der Waals surface area (Å²) in [6.45, 7) is 1.48. The summed E-state index contributed by atoms with van der Waals surface area (Å²) < 4.78 is 7.29. The molecule has 27 heavy (non-hydrogen) atoms. The van der Waals surface area contributed by atoms with Crippen LogP contribution >= 0.6 is 11.3 Å². The highest BCUT2D eigenvalue weighted by Gasteiger charge is 2.25. The lowest BCUT2D eigenvalue weighted by molar-refractivity contribution is 0.00856. The van der Waals surface area contributed by atoms with Crippen molar-refractivity contribution in [3.05, 3.63) is 47.5 Å². The Labute approximate surface area is 161 Å². The summed E-state index contributed by atoms with van der Waals surface area (Å²) in [5.41, 5.74) is 3.14. The Bertz CT molecular complexity index is 1110. The molecule has 0 spiro atoms. The molecule has 5 rings (SSSR count). The normalized spacial score (nSPS) is 17.0. The van der Waals surface area contributed by atoms with E-state index in [1.54, 1.807) is 11.3 Å². The van der Waals surface area contributed by atoms with E-state index in [4.69, 9.17) is 9.72 Å². The maximum Gasteiger partial charge on any atom is 0.124 e. The summed E-state index contributed by atoms with van der Waals surface area (Å²) in [4.78, 5) is 6.84. The van der Waals surface area contributed by atoms with E-state index in [0.29, 0.717) is 0 Å². The van der Waals surface area contributed by atoms with E-state index in [-0.39, 0.29) is 5.92 Å². The Kier molecular flexibility index (Phi) is 4.19. The minimum absolute atomic E-state index is 0.277. The monoisotopic (exact) mass is 379 g/mol. The van der Waals surface area contributed by atoms with Crippen molar-refractivity contribution < 1.29 is 9.84 Å². The van der Waals surface area contributed by atoms with Gasteiger partial charge < -0.3 is 9.84 Å². The summed E-state index contributed by atoms with van der Waals surface area (Å²) in [6.07, 6.45) is 3.28. The van der Waals surface area contributed by atoms with Gasteiger partial charge in [0.2, 0.25) is 0 Å². The largest absolute Gasteiger partial charge is 0.387 e. The van der Waals surface area contributed by atoms with Gasteiger partial charge in [-0.15, -0.1) is 11.3 Å². The maximum absolute atomic E-state index is 10.8. The number of hydrogen-bond acceptors (Lipinski definition) is 5. The first kappa shape index (κ1) is 16.9. The Morgan fingerprint density at radius 2 is 2.00 bits per heavy atom. The van der Waals surface area contributed by atoms with Gasteiger partial charge in [-0.05, 0) is 49.1 Å². The molecule has 0 amide bonds. The van der Waals surface area contributed by atoms with E-state index in [0.717, 1.165) is 63.3 Å². The van der Waals surface area contributed by atoms with Crippen LogP contribution in [-0.2, 0) is 11.8 Å². The SMILES string of the molecule is Cn1ncc2cc(-c3ccc4cc([C@H](O)C5CCOCC5)sc4n3)ccc21. The summed E-state index contributed by atoms with van der Waals surface area (Å²) in [5, 5.41) is 17.3. The fourth-order valence-corrected chi connectivity index (χ4v) is 4.94. The first-order valence-corrected chi connectivity index (χ1v) is 10.1. The van der Waals surface area contributed by atoms with Crippen LogP contribution in [-0.4, -0.2) is 33.1 Å². The van der Waals surface area contributed by atoms with Gasteiger partial charge in [0.1, 0.15) is 4.83 Å². The molecular weight excluding hydrogens is 358 g/mol. The molecule has 1 aromatic carbocycles. The number of rotatable bonds is 3. The van der Waals surface area contributed by atoms with E-state index >= 15 is 0 Å². The van der Waals surface area contributed by atoms with Crippen molar-refractivity contribution in [3.8, 4) is 11.3 Å². The van der Waals surface area contributed by atoms with Crippen LogP contribution in [0.4, 0.5) is 0 Å². The molecule has 1 fully saturated rings. The lowest BCUT2D eigenvalue weighted by atomic mass is 9.93. The van der Waals surface area contributed by atoms with Crippen molar-refractivity contribution >= 4 is 32.5 Å². The van der Waals surface area contributed by atoms with Crippen LogP contribution in [0.25, 0.3) is 32.4 Å². The average molecular weight is 379 g/mol. The quantitative estimate of drug-likeness (QED) is 0.576. The fraction of sp³-hybridized carbons (Fsp3) is 0.333. The summed E-state index contributed by atoms with van der Waals surface area (Å²) >= 11 is 1.60. The first-order chi connectivity index (χ1) is 13.2. The van der Waals surface area contributed by atoms with E-state index in [1.807, 2.05) is 17.9 Å². The van der Waals surface area contributed by atoms with E-state index in [1.165, 1.54) is 0 Å². The molecule has 0 saturated carbocycles. The van der Waals surface area contributed by atoms with Crippen molar-refractivity contribution in [3.63, 3.8) is 0 Å². The molecule has 1 atom stereocenters. The molecule has 0 radical (unpaired) electrons. The van der Waals surface area contributed by atoms with Crippen LogP contribution < -0.4 is 0 Å². The van der Waals surface area contributed by atoms with Crippen molar-refractivity contribution in [2.24, 2.45) is 13.0 Å². The third-order valence-electron chi connectivity index (χ3n) is 5.45. The standard InChI is InChI=1S/C21H21N3O2S/c1-24-18-5-3-14(10-16(18)12-22-24)17-4-2-15-11-19(27-21(15)23-17)20(25)13-6-8-26-9-7-13/h2-5,10-13,20,25H,6-9H2,1H3/t20-/m1/s1. The van der Waals surface area contributed by atoms with Crippen LogP contribution in [0.1, 0.15) is 23.8 Å². The van der Waals surface area contributed by atoms with Crippen molar-refractivity contribution in [1.29, 1.82) is 0 Å².